The van der Waals surface area contributed by atoms with Crippen LogP contribution in [0.3, 0.4) is 0 Å². The van der Waals surface area contributed by atoms with Crippen LogP contribution in [0.1, 0.15) is 17.2 Å². The Balaban J connectivity index is 1.92. The summed E-state index contributed by atoms with van der Waals surface area (Å²) < 4.78 is 10.7. The Bertz CT molecular complexity index is 551. The molecule has 4 heteroatoms. The smallest absolute Gasteiger partial charge is 0.119 e. The first-order valence-corrected chi connectivity index (χ1v) is 6.87. The van der Waals surface area contributed by atoms with Crippen LogP contribution in [0.5, 0.6) is 11.5 Å². The molecule has 0 aliphatic heterocycles. The van der Waals surface area contributed by atoms with Crippen LogP contribution in [0.2, 0.25) is 0 Å². The largest absolute Gasteiger partial charge is 0.497 e. The molecule has 2 N–H and O–H groups in total. The highest BCUT2D eigenvalue weighted by atomic mass is 16.5. The second-order valence-corrected chi connectivity index (χ2v) is 4.72. The van der Waals surface area contributed by atoms with Crippen molar-refractivity contribution in [2.24, 2.45) is 0 Å². The Morgan fingerprint density at radius 1 is 1.05 bits per heavy atom. The third-order valence-corrected chi connectivity index (χ3v) is 3.21. The van der Waals surface area contributed by atoms with Gasteiger partial charge in [-0.3, -0.25) is 0 Å². The van der Waals surface area contributed by atoms with E-state index in [-0.39, 0.29) is 13.2 Å². The normalized spacial score (nSPS) is 12.0. The maximum atomic E-state index is 10.1. The zero-order valence-electron chi connectivity index (χ0n) is 12.0. The molecule has 0 bridgehead atoms. The van der Waals surface area contributed by atoms with Gasteiger partial charge in [0.1, 0.15) is 24.2 Å². The predicted molar refractivity (Wildman–Crippen MR) is 80.7 cm³/mol. The summed E-state index contributed by atoms with van der Waals surface area (Å²) >= 11 is 0. The number of benzene rings is 2. The first-order chi connectivity index (χ1) is 10.2. The average molecular weight is 288 g/mol. The third-order valence-electron chi connectivity index (χ3n) is 3.21. The van der Waals surface area contributed by atoms with E-state index >= 15 is 0 Å². The Morgan fingerprint density at radius 2 is 1.81 bits per heavy atom. The van der Waals surface area contributed by atoms with Crippen molar-refractivity contribution >= 4 is 0 Å². The van der Waals surface area contributed by atoms with Crippen LogP contribution in [0, 0.1) is 0 Å². The van der Waals surface area contributed by atoms with E-state index in [1.54, 1.807) is 13.2 Å². The first-order valence-electron chi connectivity index (χ1n) is 6.87. The van der Waals surface area contributed by atoms with Crippen molar-refractivity contribution in [2.45, 2.75) is 12.5 Å². The summed E-state index contributed by atoms with van der Waals surface area (Å²) in [5.74, 6) is 1.40. The van der Waals surface area contributed by atoms with Crippen molar-refractivity contribution in [3.8, 4) is 11.5 Å². The number of ether oxygens (including phenoxy) is 2. The van der Waals surface area contributed by atoms with Crippen LogP contribution in [0.4, 0.5) is 0 Å². The van der Waals surface area contributed by atoms with Gasteiger partial charge in [-0.25, -0.2) is 0 Å². The number of hydrogen-bond donors (Lipinski definition) is 2. The molecule has 1 atom stereocenters. The molecular formula is C17H20O4. The van der Waals surface area contributed by atoms with Gasteiger partial charge in [0.05, 0.1) is 7.11 Å². The number of hydrogen-bond acceptors (Lipinski definition) is 4. The number of rotatable bonds is 7. The predicted octanol–water partition coefficient (Wildman–Crippen LogP) is 2.34. The molecule has 0 aromatic heterocycles. The van der Waals surface area contributed by atoms with Crippen LogP contribution in [0.25, 0.3) is 0 Å². The molecule has 0 aliphatic carbocycles. The van der Waals surface area contributed by atoms with Crippen molar-refractivity contribution in [2.75, 3.05) is 20.3 Å². The van der Waals surface area contributed by atoms with Gasteiger partial charge in [-0.1, -0.05) is 24.3 Å². The standard InChI is InChI=1S/C17H20O4/c1-20-16-4-2-3-14(11-16)17(19)12-21-15-7-5-13(6-8-15)9-10-18/h2-8,11,17-19H,9-10,12H2,1H3. The molecule has 21 heavy (non-hydrogen) atoms. The van der Waals surface area contributed by atoms with Gasteiger partial charge in [-0.15, -0.1) is 0 Å². The van der Waals surface area contributed by atoms with Gasteiger partial charge in [0, 0.05) is 6.61 Å². The minimum atomic E-state index is -0.711. The van der Waals surface area contributed by atoms with E-state index in [9.17, 15) is 5.11 Å². The quantitative estimate of drug-likeness (QED) is 0.821. The van der Waals surface area contributed by atoms with Crippen molar-refractivity contribution < 1.29 is 19.7 Å². The zero-order valence-corrected chi connectivity index (χ0v) is 12.0. The molecule has 2 aromatic rings. The van der Waals surface area contributed by atoms with E-state index in [4.69, 9.17) is 14.6 Å². The lowest BCUT2D eigenvalue weighted by Gasteiger charge is -2.13. The highest BCUT2D eigenvalue weighted by Gasteiger charge is 2.09. The van der Waals surface area contributed by atoms with Crippen LogP contribution in [-0.4, -0.2) is 30.5 Å². The second kappa shape index (κ2) is 7.67. The van der Waals surface area contributed by atoms with Crippen LogP contribution in [0.15, 0.2) is 48.5 Å². The summed E-state index contributed by atoms with van der Waals surface area (Å²) in [5.41, 5.74) is 1.81. The fourth-order valence-corrected chi connectivity index (χ4v) is 2.00. The van der Waals surface area contributed by atoms with Gasteiger partial charge in [0.25, 0.3) is 0 Å². The van der Waals surface area contributed by atoms with E-state index < -0.39 is 6.10 Å². The molecule has 2 aromatic carbocycles. The van der Waals surface area contributed by atoms with Crippen LogP contribution in [-0.2, 0) is 6.42 Å². The first kappa shape index (κ1) is 15.4. The van der Waals surface area contributed by atoms with E-state index in [2.05, 4.69) is 0 Å². The summed E-state index contributed by atoms with van der Waals surface area (Å²) in [7, 11) is 1.59. The molecule has 0 spiro atoms. The number of aliphatic hydroxyl groups is 2. The molecule has 0 fully saturated rings. The minimum absolute atomic E-state index is 0.134. The maximum absolute atomic E-state index is 10.1. The summed E-state index contributed by atoms with van der Waals surface area (Å²) in [6.07, 6.45) is -0.0792. The van der Waals surface area contributed by atoms with E-state index in [1.807, 2.05) is 42.5 Å². The molecule has 0 heterocycles. The summed E-state index contributed by atoms with van der Waals surface area (Å²) in [6, 6.07) is 14.8. The lowest BCUT2D eigenvalue weighted by molar-refractivity contribution is 0.108. The zero-order chi connectivity index (χ0) is 15.1. The Labute approximate surface area is 124 Å². The van der Waals surface area contributed by atoms with E-state index in [0.29, 0.717) is 17.9 Å². The van der Waals surface area contributed by atoms with Gasteiger partial charge in [0.2, 0.25) is 0 Å². The Hall–Kier alpha value is -2.04. The molecule has 0 aliphatic rings. The molecule has 0 amide bonds. The molecule has 1 unspecified atom stereocenters. The molecule has 0 saturated heterocycles. The Kier molecular flexibility index (Phi) is 5.60. The van der Waals surface area contributed by atoms with Gasteiger partial charge >= 0.3 is 0 Å². The monoisotopic (exact) mass is 288 g/mol. The third kappa shape index (κ3) is 4.48. The fraction of sp³-hybridized carbons (Fsp3) is 0.294. The fourth-order valence-electron chi connectivity index (χ4n) is 2.00. The lowest BCUT2D eigenvalue weighted by atomic mass is 10.1. The molecular weight excluding hydrogens is 268 g/mol. The summed E-state index contributed by atoms with van der Waals surface area (Å²) in [5, 5.41) is 19.0. The van der Waals surface area contributed by atoms with Crippen molar-refractivity contribution in [3.63, 3.8) is 0 Å². The average Bonchev–Trinajstić information content (AvgIpc) is 2.54. The van der Waals surface area contributed by atoms with Gasteiger partial charge in [-0.2, -0.15) is 0 Å². The van der Waals surface area contributed by atoms with Gasteiger partial charge < -0.3 is 19.7 Å². The summed E-state index contributed by atoms with van der Waals surface area (Å²) in [4.78, 5) is 0. The minimum Gasteiger partial charge on any atom is -0.497 e. The lowest BCUT2D eigenvalue weighted by Crippen LogP contribution is -2.09. The van der Waals surface area contributed by atoms with Crippen molar-refractivity contribution in [1.82, 2.24) is 0 Å². The molecule has 4 nitrogen and oxygen atoms in total. The van der Waals surface area contributed by atoms with E-state index in [1.165, 1.54) is 0 Å². The second-order valence-electron chi connectivity index (χ2n) is 4.72. The van der Waals surface area contributed by atoms with Crippen LogP contribution < -0.4 is 9.47 Å². The Morgan fingerprint density at radius 3 is 2.48 bits per heavy atom. The summed E-state index contributed by atoms with van der Waals surface area (Å²) in [6.45, 7) is 0.307. The molecule has 2 rings (SSSR count). The molecule has 112 valence electrons. The number of aliphatic hydroxyl groups excluding tert-OH is 2. The highest BCUT2D eigenvalue weighted by molar-refractivity contribution is 5.30. The molecule has 0 saturated carbocycles. The number of methoxy groups -OCH3 is 1. The van der Waals surface area contributed by atoms with Crippen molar-refractivity contribution in [1.29, 1.82) is 0 Å². The van der Waals surface area contributed by atoms with Crippen molar-refractivity contribution in [3.05, 3.63) is 59.7 Å². The highest BCUT2D eigenvalue weighted by Crippen LogP contribution is 2.20. The van der Waals surface area contributed by atoms with Gasteiger partial charge in [-0.05, 0) is 41.8 Å². The topological polar surface area (TPSA) is 58.9 Å². The molecule has 0 radical (unpaired) electrons. The maximum Gasteiger partial charge on any atom is 0.119 e. The van der Waals surface area contributed by atoms with E-state index in [0.717, 1.165) is 11.1 Å². The SMILES string of the molecule is COc1cccc(C(O)COc2ccc(CCO)cc2)c1. The van der Waals surface area contributed by atoms with Gasteiger partial charge in [0.15, 0.2) is 0 Å². The van der Waals surface area contributed by atoms with Crippen LogP contribution >= 0.6 is 0 Å².